The zero-order valence-electron chi connectivity index (χ0n) is 16.6. The van der Waals surface area contributed by atoms with Gasteiger partial charge in [-0.05, 0) is 62.2 Å². The summed E-state index contributed by atoms with van der Waals surface area (Å²) in [5.74, 6) is 0.997. The van der Waals surface area contributed by atoms with Crippen LogP contribution in [0.2, 0.25) is 0 Å². The van der Waals surface area contributed by atoms with E-state index in [0.29, 0.717) is 0 Å². The molecule has 1 unspecified atom stereocenters. The Bertz CT molecular complexity index is 717. The fourth-order valence-electron chi connectivity index (χ4n) is 3.94. The molecule has 0 bridgehead atoms. The predicted octanol–water partition coefficient (Wildman–Crippen LogP) is 4.26. The Morgan fingerprint density at radius 2 is 1.77 bits per heavy atom. The summed E-state index contributed by atoms with van der Waals surface area (Å²) in [5, 5.41) is 3.69. The van der Waals surface area contributed by atoms with Gasteiger partial charge < -0.3 is 15.0 Å². The second-order valence-electron chi connectivity index (χ2n) is 7.29. The van der Waals surface area contributed by atoms with E-state index in [-0.39, 0.29) is 6.04 Å². The average Bonchev–Trinajstić information content (AvgIpc) is 2.64. The molecular formula is C23H32N2O. The van der Waals surface area contributed by atoms with Crippen LogP contribution in [0.4, 0.5) is 0 Å². The van der Waals surface area contributed by atoms with Crippen molar-refractivity contribution in [3.05, 3.63) is 64.2 Å². The van der Waals surface area contributed by atoms with Crippen LogP contribution in [0.1, 0.15) is 47.7 Å². The van der Waals surface area contributed by atoms with Crippen LogP contribution in [0.5, 0.6) is 5.75 Å². The Hall–Kier alpha value is -1.84. The van der Waals surface area contributed by atoms with E-state index < -0.39 is 0 Å². The lowest BCUT2D eigenvalue weighted by Crippen LogP contribution is -2.31. The number of nitrogens with zero attached hydrogens (tertiary/aromatic N) is 1. The lowest BCUT2D eigenvalue weighted by atomic mass is 9.88. The highest BCUT2D eigenvalue weighted by atomic mass is 16.5. The van der Waals surface area contributed by atoms with Gasteiger partial charge in [0.2, 0.25) is 0 Å². The Kier molecular flexibility index (Phi) is 6.33. The highest BCUT2D eigenvalue weighted by Crippen LogP contribution is 2.32. The SMILES string of the molecule is CCN(CC)CCOc1ccc2c(c1)CCNC2c1cc(C)cc(C)c1. The zero-order valence-corrected chi connectivity index (χ0v) is 16.6. The molecular weight excluding hydrogens is 320 g/mol. The smallest absolute Gasteiger partial charge is 0.119 e. The van der Waals surface area contributed by atoms with Gasteiger partial charge >= 0.3 is 0 Å². The van der Waals surface area contributed by atoms with Gasteiger partial charge in [0.25, 0.3) is 0 Å². The van der Waals surface area contributed by atoms with E-state index in [1.54, 1.807) is 0 Å². The predicted molar refractivity (Wildman–Crippen MR) is 109 cm³/mol. The van der Waals surface area contributed by atoms with E-state index in [0.717, 1.165) is 45.0 Å². The molecule has 3 nitrogen and oxygen atoms in total. The number of hydrogen-bond acceptors (Lipinski definition) is 3. The van der Waals surface area contributed by atoms with Crippen LogP contribution >= 0.6 is 0 Å². The second-order valence-corrected chi connectivity index (χ2v) is 7.29. The molecule has 26 heavy (non-hydrogen) atoms. The maximum atomic E-state index is 6.02. The van der Waals surface area contributed by atoms with E-state index in [4.69, 9.17) is 4.74 Å². The van der Waals surface area contributed by atoms with Crippen LogP contribution in [0.3, 0.4) is 0 Å². The minimum absolute atomic E-state index is 0.280. The molecule has 3 heteroatoms. The van der Waals surface area contributed by atoms with Gasteiger partial charge in [-0.25, -0.2) is 0 Å². The van der Waals surface area contributed by atoms with Gasteiger partial charge in [0.1, 0.15) is 12.4 Å². The number of benzene rings is 2. The fourth-order valence-corrected chi connectivity index (χ4v) is 3.94. The molecule has 3 rings (SSSR count). The van der Waals surface area contributed by atoms with E-state index in [1.165, 1.54) is 27.8 Å². The Morgan fingerprint density at radius 1 is 1.04 bits per heavy atom. The summed E-state index contributed by atoms with van der Waals surface area (Å²) in [6.45, 7) is 13.6. The van der Waals surface area contributed by atoms with Gasteiger partial charge in [-0.1, -0.05) is 49.2 Å². The molecule has 0 spiro atoms. The van der Waals surface area contributed by atoms with Crippen LogP contribution in [-0.2, 0) is 6.42 Å². The third-order valence-electron chi connectivity index (χ3n) is 5.32. The van der Waals surface area contributed by atoms with Crippen LogP contribution < -0.4 is 10.1 Å². The maximum absolute atomic E-state index is 6.02. The minimum Gasteiger partial charge on any atom is -0.492 e. The summed E-state index contributed by atoms with van der Waals surface area (Å²) in [6, 6.07) is 13.7. The lowest BCUT2D eigenvalue weighted by molar-refractivity contribution is 0.222. The fraction of sp³-hybridized carbons (Fsp3) is 0.478. The number of fused-ring (bicyclic) bond motifs is 1. The molecule has 1 N–H and O–H groups in total. The van der Waals surface area contributed by atoms with Crippen LogP contribution in [0.25, 0.3) is 0 Å². The molecule has 0 amide bonds. The molecule has 2 aromatic carbocycles. The third-order valence-corrected chi connectivity index (χ3v) is 5.32. The van der Waals surface area contributed by atoms with E-state index in [9.17, 15) is 0 Å². The first kappa shape index (κ1) is 18.9. The zero-order chi connectivity index (χ0) is 18.5. The number of ether oxygens (including phenoxy) is 1. The van der Waals surface area contributed by atoms with Crippen molar-refractivity contribution in [3.8, 4) is 5.75 Å². The minimum atomic E-state index is 0.280. The van der Waals surface area contributed by atoms with Gasteiger partial charge in [-0.3, -0.25) is 0 Å². The first-order valence-corrected chi connectivity index (χ1v) is 9.90. The largest absolute Gasteiger partial charge is 0.492 e. The Labute approximate surface area is 158 Å². The van der Waals surface area contributed by atoms with Crippen molar-refractivity contribution in [1.29, 1.82) is 0 Å². The summed E-state index contributed by atoms with van der Waals surface area (Å²) < 4.78 is 6.02. The van der Waals surface area contributed by atoms with Crippen molar-refractivity contribution in [2.24, 2.45) is 0 Å². The van der Waals surface area contributed by atoms with Crippen molar-refractivity contribution in [2.75, 3.05) is 32.8 Å². The van der Waals surface area contributed by atoms with E-state index in [1.807, 2.05) is 0 Å². The van der Waals surface area contributed by atoms with Gasteiger partial charge in [-0.15, -0.1) is 0 Å². The summed E-state index contributed by atoms with van der Waals surface area (Å²) >= 11 is 0. The standard InChI is InChI=1S/C23H32N2O/c1-5-25(6-2)11-12-26-21-7-8-22-19(16-21)9-10-24-23(22)20-14-17(3)13-18(4)15-20/h7-8,13-16,23-24H,5-6,9-12H2,1-4H3. The number of aryl methyl sites for hydroxylation is 2. The summed E-state index contributed by atoms with van der Waals surface area (Å²) in [6.07, 6.45) is 1.06. The maximum Gasteiger partial charge on any atom is 0.119 e. The van der Waals surface area contributed by atoms with Crippen LogP contribution in [0.15, 0.2) is 36.4 Å². The number of nitrogens with one attached hydrogen (secondary N) is 1. The van der Waals surface area contributed by atoms with Crippen LogP contribution in [0, 0.1) is 13.8 Å². The number of hydrogen-bond donors (Lipinski definition) is 1. The molecule has 0 radical (unpaired) electrons. The molecule has 2 aromatic rings. The van der Waals surface area contributed by atoms with Crippen molar-refractivity contribution < 1.29 is 4.74 Å². The van der Waals surface area contributed by atoms with Crippen molar-refractivity contribution >= 4 is 0 Å². The molecule has 1 atom stereocenters. The van der Waals surface area contributed by atoms with Gasteiger partial charge in [0.15, 0.2) is 0 Å². The first-order chi connectivity index (χ1) is 12.6. The molecule has 0 fully saturated rings. The topological polar surface area (TPSA) is 24.5 Å². The van der Waals surface area contributed by atoms with Crippen LogP contribution in [-0.4, -0.2) is 37.7 Å². The molecule has 1 aliphatic rings. The second kappa shape index (κ2) is 8.70. The average molecular weight is 353 g/mol. The summed E-state index contributed by atoms with van der Waals surface area (Å²) in [7, 11) is 0. The van der Waals surface area contributed by atoms with E-state index in [2.05, 4.69) is 74.3 Å². The monoisotopic (exact) mass is 352 g/mol. The summed E-state index contributed by atoms with van der Waals surface area (Å²) in [5.41, 5.74) is 6.81. The normalized spacial score (nSPS) is 16.6. The highest BCUT2D eigenvalue weighted by Gasteiger charge is 2.22. The number of likely N-dealkylation sites (N-methyl/N-ethyl adjacent to an activating group) is 1. The summed E-state index contributed by atoms with van der Waals surface area (Å²) in [4.78, 5) is 2.39. The van der Waals surface area contributed by atoms with Gasteiger partial charge in [-0.2, -0.15) is 0 Å². The van der Waals surface area contributed by atoms with Crippen molar-refractivity contribution in [2.45, 2.75) is 40.2 Å². The molecule has 0 aromatic heterocycles. The van der Waals surface area contributed by atoms with Gasteiger partial charge in [0.05, 0.1) is 6.04 Å². The molecule has 1 aliphatic heterocycles. The molecule has 0 saturated heterocycles. The lowest BCUT2D eigenvalue weighted by Gasteiger charge is -2.28. The quantitative estimate of drug-likeness (QED) is 0.806. The van der Waals surface area contributed by atoms with Crippen molar-refractivity contribution in [3.63, 3.8) is 0 Å². The highest BCUT2D eigenvalue weighted by molar-refractivity contribution is 5.45. The van der Waals surface area contributed by atoms with E-state index >= 15 is 0 Å². The molecule has 0 aliphatic carbocycles. The molecule has 1 heterocycles. The number of rotatable bonds is 7. The Morgan fingerprint density at radius 3 is 2.46 bits per heavy atom. The Balaban J connectivity index is 1.75. The van der Waals surface area contributed by atoms with Gasteiger partial charge in [0, 0.05) is 13.1 Å². The van der Waals surface area contributed by atoms with Crippen molar-refractivity contribution in [1.82, 2.24) is 10.2 Å². The third kappa shape index (κ3) is 4.46. The first-order valence-electron chi connectivity index (χ1n) is 9.90. The molecule has 0 saturated carbocycles. The molecule has 140 valence electrons.